The molecule has 0 radical (unpaired) electrons. The number of H-pyrrole nitrogens is 2. The summed E-state index contributed by atoms with van der Waals surface area (Å²) in [6.45, 7) is 3.09. The summed E-state index contributed by atoms with van der Waals surface area (Å²) in [5.41, 5.74) is 6.28. The number of ether oxygens (including phenoxy) is 2. The minimum atomic E-state index is -0.569. The Balaban J connectivity index is 0.812. The van der Waals surface area contributed by atoms with Crippen molar-refractivity contribution in [3.8, 4) is 33.6 Å². The average Bonchev–Trinajstić information content (AvgIpc) is 3.85. The minimum Gasteiger partial charge on any atom is -0.453 e. The largest absolute Gasteiger partial charge is 0.453 e. The number of amides is 4. The van der Waals surface area contributed by atoms with Crippen LogP contribution < -0.4 is 10.6 Å². The van der Waals surface area contributed by atoms with Gasteiger partial charge < -0.3 is 39.9 Å². The van der Waals surface area contributed by atoms with Gasteiger partial charge in [-0.3, -0.25) is 9.59 Å². The minimum absolute atomic E-state index is 0.0191. The topological polar surface area (TPSA) is 175 Å². The number of alkyl carbamates (subject to hydrolysis) is 2. The van der Waals surface area contributed by atoms with Gasteiger partial charge >= 0.3 is 12.2 Å². The van der Waals surface area contributed by atoms with Gasteiger partial charge in [0.25, 0.3) is 0 Å². The number of piperidine rings is 1. The van der Waals surface area contributed by atoms with Crippen LogP contribution in [0.2, 0.25) is 0 Å². The Kier molecular flexibility index (Phi) is 10.3. The SMILES string of the molecule is COC(=O)NCC(C)CC(=O)N1CC2(CC2)CC1c1ncc(-c2ccc(-c3ccc4cc(-c5cnc(C6C7CCC(C7)N6C(=O)C(NC(=O)OC)C6CC6)[nH]5)ccc4c3)cc2)[nH]1. The number of hydrogen-bond acceptors (Lipinski definition) is 8. The molecule has 2 aromatic heterocycles. The number of rotatable bonds is 12. The molecule has 2 aliphatic heterocycles. The van der Waals surface area contributed by atoms with Crippen LogP contribution in [0.25, 0.3) is 44.4 Å². The zero-order valence-corrected chi connectivity index (χ0v) is 35.5. The normalized spacial score (nSPS) is 23.1. The molecule has 3 saturated carbocycles. The van der Waals surface area contributed by atoms with Crippen LogP contribution in [-0.2, 0) is 19.1 Å². The van der Waals surface area contributed by atoms with E-state index < -0.39 is 18.2 Å². The molecule has 5 fully saturated rings. The lowest BCUT2D eigenvalue weighted by molar-refractivity contribution is -0.138. The van der Waals surface area contributed by atoms with Gasteiger partial charge in [0.15, 0.2) is 0 Å². The number of nitrogens with zero attached hydrogens (tertiary/aromatic N) is 4. The molecular formula is C48H54N8O6. The highest BCUT2D eigenvalue weighted by Crippen LogP contribution is 2.58. The van der Waals surface area contributed by atoms with Crippen LogP contribution in [0, 0.1) is 23.2 Å². The zero-order valence-electron chi connectivity index (χ0n) is 35.5. The number of carbonyl (C=O) groups excluding carboxylic acids is 4. The van der Waals surface area contributed by atoms with Crippen molar-refractivity contribution in [2.24, 2.45) is 23.2 Å². The molecule has 6 atom stereocenters. The van der Waals surface area contributed by atoms with E-state index in [0.29, 0.717) is 18.9 Å². The molecule has 2 bridgehead atoms. The first kappa shape index (κ1) is 39.9. The maximum Gasteiger partial charge on any atom is 0.407 e. The first-order valence-electron chi connectivity index (χ1n) is 22.1. The molecule has 1 spiro atoms. The molecule has 4 amide bonds. The molecule has 3 aromatic carbocycles. The van der Waals surface area contributed by atoms with Crippen molar-refractivity contribution in [1.82, 2.24) is 40.4 Å². The zero-order chi connectivity index (χ0) is 42.7. The fourth-order valence-corrected chi connectivity index (χ4v) is 10.5. The van der Waals surface area contributed by atoms with E-state index in [0.717, 1.165) is 114 Å². The highest BCUT2D eigenvalue weighted by atomic mass is 16.5. The third-order valence-corrected chi connectivity index (χ3v) is 14.2. The summed E-state index contributed by atoms with van der Waals surface area (Å²) in [4.78, 5) is 72.1. The van der Waals surface area contributed by atoms with E-state index >= 15 is 0 Å². The van der Waals surface area contributed by atoms with Crippen LogP contribution in [0.5, 0.6) is 0 Å². The maximum absolute atomic E-state index is 14.0. The van der Waals surface area contributed by atoms with Gasteiger partial charge in [0.05, 0.1) is 50.1 Å². The van der Waals surface area contributed by atoms with Gasteiger partial charge in [-0.2, -0.15) is 0 Å². The molecule has 322 valence electrons. The van der Waals surface area contributed by atoms with Crippen molar-refractivity contribution >= 4 is 34.8 Å². The Hall–Kier alpha value is -6.18. The van der Waals surface area contributed by atoms with Crippen molar-refractivity contribution in [1.29, 1.82) is 0 Å². The lowest BCUT2D eigenvalue weighted by Gasteiger charge is -2.36. The van der Waals surface area contributed by atoms with Crippen LogP contribution in [0.1, 0.15) is 88.4 Å². The maximum atomic E-state index is 14.0. The summed E-state index contributed by atoms with van der Waals surface area (Å²) < 4.78 is 9.54. The van der Waals surface area contributed by atoms with Crippen LogP contribution in [0.3, 0.4) is 0 Å². The lowest BCUT2D eigenvalue weighted by Crippen LogP contribution is -2.52. The number of carbonyl (C=O) groups is 4. The van der Waals surface area contributed by atoms with Gasteiger partial charge in [-0.15, -0.1) is 0 Å². The first-order valence-corrected chi connectivity index (χ1v) is 22.1. The van der Waals surface area contributed by atoms with Crippen LogP contribution in [0.4, 0.5) is 9.59 Å². The van der Waals surface area contributed by atoms with E-state index in [4.69, 9.17) is 14.7 Å². The van der Waals surface area contributed by atoms with Crippen LogP contribution >= 0.6 is 0 Å². The third-order valence-electron chi connectivity index (χ3n) is 14.2. The molecule has 62 heavy (non-hydrogen) atoms. The second kappa shape index (κ2) is 15.9. The number of nitrogens with one attached hydrogen (secondary N) is 4. The van der Waals surface area contributed by atoms with E-state index in [9.17, 15) is 19.2 Å². The first-order chi connectivity index (χ1) is 30.1. The smallest absolute Gasteiger partial charge is 0.407 e. The number of methoxy groups -OCH3 is 2. The molecular weight excluding hydrogens is 785 g/mol. The summed E-state index contributed by atoms with van der Waals surface area (Å²) in [7, 11) is 2.67. The molecule has 5 aromatic rings. The number of fused-ring (bicyclic) bond motifs is 3. The van der Waals surface area contributed by atoms with Crippen molar-refractivity contribution in [2.45, 2.75) is 88.9 Å². The quantitative estimate of drug-likeness (QED) is 0.0981. The van der Waals surface area contributed by atoms with Gasteiger partial charge in [-0.05, 0) is 114 Å². The van der Waals surface area contributed by atoms with Crippen molar-refractivity contribution < 1.29 is 28.7 Å². The Morgan fingerprint density at radius 2 is 1.45 bits per heavy atom. The standard InChI is InChI=1S/C48H54N8O6/c1-27(23-51-46(59)61-2)18-40(57)55-26-48(16-17-48)22-39(55)43-49-24-37(52-43)29-6-4-28(5-7-29)31-10-11-33-20-34(13-12-32(33)19-31)38-25-50-44(53-38)42-35-14-15-36(21-35)56(42)45(58)41(30-8-9-30)54-47(60)62-3/h4-7,10-13,19-20,24-25,27,30,35-36,39,41-42H,8-9,14-18,21-23,26H2,1-3H3,(H,49,52)(H,50,53)(H,51,59)(H,54,60). The molecule has 4 heterocycles. The van der Waals surface area contributed by atoms with E-state index in [1.807, 2.05) is 29.1 Å². The Morgan fingerprint density at radius 3 is 2.16 bits per heavy atom. The van der Waals surface area contributed by atoms with Crippen molar-refractivity contribution in [3.05, 3.63) is 84.7 Å². The number of hydrogen-bond donors (Lipinski definition) is 4. The summed E-state index contributed by atoms with van der Waals surface area (Å²) in [5.74, 6) is 2.14. The predicted molar refractivity (Wildman–Crippen MR) is 232 cm³/mol. The summed E-state index contributed by atoms with van der Waals surface area (Å²) in [5, 5.41) is 7.77. The van der Waals surface area contributed by atoms with Crippen LogP contribution in [0.15, 0.2) is 73.1 Å². The molecule has 3 aliphatic carbocycles. The van der Waals surface area contributed by atoms with Gasteiger partial charge in [0.2, 0.25) is 11.8 Å². The molecule has 6 unspecified atom stereocenters. The van der Waals surface area contributed by atoms with Crippen molar-refractivity contribution in [3.63, 3.8) is 0 Å². The Morgan fingerprint density at radius 1 is 0.806 bits per heavy atom. The average molecular weight is 839 g/mol. The number of benzene rings is 3. The fourth-order valence-electron chi connectivity index (χ4n) is 10.5. The fraction of sp³-hybridized carbons (Fsp3) is 0.458. The molecule has 4 N–H and O–H groups in total. The highest BCUT2D eigenvalue weighted by molar-refractivity contribution is 5.91. The predicted octanol–water partition coefficient (Wildman–Crippen LogP) is 7.91. The Bertz CT molecular complexity index is 2520. The second-order valence-electron chi connectivity index (χ2n) is 18.5. The molecule has 10 rings (SSSR count). The summed E-state index contributed by atoms with van der Waals surface area (Å²) in [6.07, 6.45) is 11.1. The summed E-state index contributed by atoms with van der Waals surface area (Å²) in [6, 6.07) is 20.8. The number of aromatic amines is 2. The monoisotopic (exact) mass is 838 g/mol. The van der Waals surface area contributed by atoms with Gasteiger partial charge in [-0.1, -0.05) is 55.5 Å². The van der Waals surface area contributed by atoms with Crippen molar-refractivity contribution in [2.75, 3.05) is 27.3 Å². The Labute approximate surface area is 360 Å². The third kappa shape index (κ3) is 7.68. The van der Waals surface area contributed by atoms with E-state index in [-0.39, 0.29) is 47.2 Å². The van der Waals surface area contributed by atoms with Gasteiger partial charge in [0.1, 0.15) is 17.7 Å². The molecule has 14 nitrogen and oxygen atoms in total. The molecule has 14 heteroatoms. The second-order valence-corrected chi connectivity index (χ2v) is 18.5. The molecule has 2 saturated heterocycles. The summed E-state index contributed by atoms with van der Waals surface area (Å²) >= 11 is 0. The molecule has 5 aliphatic rings. The van der Waals surface area contributed by atoms with Gasteiger partial charge in [-0.25, -0.2) is 19.6 Å². The van der Waals surface area contributed by atoms with E-state index in [1.54, 1.807) is 0 Å². The lowest BCUT2D eigenvalue weighted by atomic mass is 9.96. The number of aromatic nitrogens is 4. The highest BCUT2D eigenvalue weighted by Gasteiger charge is 2.55. The van der Waals surface area contributed by atoms with Gasteiger partial charge in [0, 0.05) is 31.1 Å². The van der Waals surface area contributed by atoms with E-state index in [1.165, 1.54) is 14.2 Å². The number of imidazole rings is 2. The van der Waals surface area contributed by atoms with Crippen LogP contribution in [-0.4, -0.2) is 93.1 Å². The number of likely N-dealkylation sites (tertiary alicyclic amines) is 2. The van der Waals surface area contributed by atoms with E-state index in [2.05, 4.69) is 86.0 Å².